The molecule has 96 valence electrons. The summed E-state index contributed by atoms with van der Waals surface area (Å²) in [4.78, 5) is 14.4. The molecule has 0 aliphatic heterocycles. The minimum absolute atomic E-state index is 0. The summed E-state index contributed by atoms with van der Waals surface area (Å²) in [5.74, 6) is 0.315. The first-order chi connectivity index (χ1) is 7.69. The summed E-state index contributed by atoms with van der Waals surface area (Å²) in [5, 5.41) is 0. The predicted octanol–water partition coefficient (Wildman–Crippen LogP) is 3.27. The van der Waals surface area contributed by atoms with E-state index < -0.39 is 0 Å². The van der Waals surface area contributed by atoms with Crippen LogP contribution >= 0.6 is 12.4 Å². The van der Waals surface area contributed by atoms with Crippen molar-refractivity contribution in [2.24, 2.45) is 5.92 Å². The number of nitrogens with zero attached hydrogens (tertiary/aromatic N) is 1. The van der Waals surface area contributed by atoms with Gasteiger partial charge in [-0.15, -0.1) is 12.4 Å². The van der Waals surface area contributed by atoms with E-state index in [1.54, 1.807) is 0 Å². The maximum Gasteiger partial charge on any atom is 0.166 e. The summed E-state index contributed by atoms with van der Waals surface area (Å²) in [6.07, 6.45) is 0. The number of hydrogen-bond acceptors (Lipinski definition) is 2. The Bertz CT molecular complexity index is 322. The lowest BCUT2D eigenvalue weighted by atomic mass is 9.99. The summed E-state index contributed by atoms with van der Waals surface area (Å²) in [7, 11) is 0. The van der Waals surface area contributed by atoms with Gasteiger partial charge in [-0.2, -0.15) is 0 Å². The third-order valence-electron chi connectivity index (χ3n) is 2.93. The van der Waals surface area contributed by atoms with Gasteiger partial charge >= 0.3 is 0 Å². The van der Waals surface area contributed by atoms with Crippen molar-refractivity contribution in [2.45, 2.75) is 20.8 Å². The van der Waals surface area contributed by atoms with Gasteiger partial charge in [0, 0.05) is 18.0 Å². The van der Waals surface area contributed by atoms with Gasteiger partial charge in [-0.1, -0.05) is 51.1 Å². The van der Waals surface area contributed by atoms with E-state index in [2.05, 4.69) is 18.7 Å². The van der Waals surface area contributed by atoms with Crippen molar-refractivity contribution in [1.82, 2.24) is 4.90 Å². The standard InChI is InChI=1S/C14H21NO.ClH/c1-4-15(5-2)11-12(3)14(16)13-9-7-6-8-10-13;/h6-10,12H,4-5,11H2,1-3H3;1H. The van der Waals surface area contributed by atoms with E-state index in [-0.39, 0.29) is 24.1 Å². The largest absolute Gasteiger partial charge is 0.303 e. The second-order valence-corrected chi connectivity index (χ2v) is 4.12. The van der Waals surface area contributed by atoms with Crippen LogP contribution in [0.3, 0.4) is 0 Å². The van der Waals surface area contributed by atoms with Gasteiger partial charge < -0.3 is 4.90 Å². The molecule has 1 unspecified atom stereocenters. The molecule has 1 rings (SSSR count). The molecule has 0 aliphatic rings. The van der Waals surface area contributed by atoms with Crippen molar-refractivity contribution < 1.29 is 4.79 Å². The molecular formula is C14H22ClNO. The van der Waals surface area contributed by atoms with E-state index in [9.17, 15) is 4.79 Å². The Morgan fingerprint density at radius 1 is 1.18 bits per heavy atom. The summed E-state index contributed by atoms with van der Waals surface area (Å²) in [6.45, 7) is 9.12. The molecule has 2 nitrogen and oxygen atoms in total. The number of benzene rings is 1. The van der Waals surface area contributed by atoms with Crippen LogP contribution in [0.1, 0.15) is 31.1 Å². The molecule has 0 bridgehead atoms. The lowest BCUT2D eigenvalue weighted by Gasteiger charge is -2.21. The molecule has 0 aromatic heterocycles. The fourth-order valence-corrected chi connectivity index (χ4v) is 1.84. The Morgan fingerprint density at radius 3 is 2.18 bits per heavy atom. The van der Waals surface area contributed by atoms with E-state index in [0.29, 0.717) is 0 Å². The van der Waals surface area contributed by atoms with E-state index in [4.69, 9.17) is 0 Å². The molecule has 0 fully saturated rings. The summed E-state index contributed by atoms with van der Waals surface area (Å²) < 4.78 is 0. The highest BCUT2D eigenvalue weighted by Gasteiger charge is 2.16. The third-order valence-corrected chi connectivity index (χ3v) is 2.93. The topological polar surface area (TPSA) is 20.3 Å². The number of carbonyl (C=O) groups excluding carboxylic acids is 1. The van der Waals surface area contributed by atoms with Crippen molar-refractivity contribution in [2.75, 3.05) is 19.6 Å². The molecule has 17 heavy (non-hydrogen) atoms. The fourth-order valence-electron chi connectivity index (χ4n) is 1.84. The molecule has 0 radical (unpaired) electrons. The van der Waals surface area contributed by atoms with Gasteiger partial charge in [0.1, 0.15) is 0 Å². The number of hydrogen-bond donors (Lipinski definition) is 0. The monoisotopic (exact) mass is 255 g/mol. The summed E-state index contributed by atoms with van der Waals surface area (Å²) in [5.41, 5.74) is 0.821. The molecule has 0 saturated heterocycles. The van der Waals surface area contributed by atoms with Crippen LogP contribution in [0.15, 0.2) is 30.3 Å². The highest BCUT2D eigenvalue weighted by Crippen LogP contribution is 2.10. The van der Waals surface area contributed by atoms with Crippen LogP contribution in [0.4, 0.5) is 0 Å². The molecule has 0 aliphatic carbocycles. The normalized spacial score (nSPS) is 12.0. The minimum atomic E-state index is 0. The number of halogens is 1. The van der Waals surface area contributed by atoms with Gasteiger partial charge in [0.2, 0.25) is 0 Å². The lowest BCUT2D eigenvalue weighted by Crippen LogP contribution is -2.31. The first kappa shape index (κ1) is 16.1. The molecular weight excluding hydrogens is 234 g/mol. The van der Waals surface area contributed by atoms with Crippen LogP contribution < -0.4 is 0 Å². The molecule has 1 atom stereocenters. The molecule has 0 N–H and O–H groups in total. The van der Waals surface area contributed by atoms with Gasteiger partial charge in [0.05, 0.1) is 0 Å². The van der Waals surface area contributed by atoms with E-state index >= 15 is 0 Å². The van der Waals surface area contributed by atoms with Crippen LogP contribution in [0.2, 0.25) is 0 Å². The van der Waals surface area contributed by atoms with Crippen LogP contribution in [0.5, 0.6) is 0 Å². The van der Waals surface area contributed by atoms with Gasteiger partial charge in [-0.25, -0.2) is 0 Å². The predicted molar refractivity (Wildman–Crippen MR) is 75.0 cm³/mol. The average Bonchev–Trinajstić information content (AvgIpc) is 2.35. The summed E-state index contributed by atoms with van der Waals surface area (Å²) in [6, 6.07) is 9.54. The molecule has 1 aromatic rings. The van der Waals surface area contributed by atoms with Crippen molar-refractivity contribution in [3.05, 3.63) is 35.9 Å². The average molecular weight is 256 g/mol. The van der Waals surface area contributed by atoms with Crippen LogP contribution in [0.25, 0.3) is 0 Å². The van der Waals surface area contributed by atoms with E-state index in [1.165, 1.54) is 0 Å². The first-order valence-electron chi connectivity index (χ1n) is 6.00. The Labute approximate surface area is 110 Å². The van der Waals surface area contributed by atoms with Crippen LogP contribution in [0, 0.1) is 5.92 Å². The zero-order valence-electron chi connectivity index (χ0n) is 10.8. The van der Waals surface area contributed by atoms with Gasteiger partial charge in [0.25, 0.3) is 0 Å². The summed E-state index contributed by atoms with van der Waals surface area (Å²) >= 11 is 0. The molecule has 3 heteroatoms. The Balaban J connectivity index is 0.00000256. The molecule has 0 saturated carbocycles. The first-order valence-corrected chi connectivity index (χ1v) is 6.00. The SMILES string of the molecule is CCN(CC)CC(C)C(=O)c1ccccc1.Cl. The highest BCUT2D eigenvalue weighted by atomic mass is 35.5. The van der Waals surface area contributed by atoms with E-state index in [1.807, 2.05) is 37.3 Å². The van der Waals surface area contributed by atoms with Crippen molar-refractivity contribution in [3.8, 4) is 0 Å². The smallest absolute Gasteiger partial charge is 0.166 e. The van der Waals surface area contributed by atoms with Gasteiger partial charge in [-0.05, 0) is 13.1 Å². The Morgan fingerprint density at radius 2 is 1.71 bits per heavy atom. The zero-order valence-corrected chi connectivity index (χ0v) is 11.7. The van der Waals surface area contributed by atoms with Gasteiger partial charge in [-0.3, -0.25) is 4.79 Å². The fraction of sp³-hybridized carbons (Fsp3) is 0.500. The lowest BCUT2D eigenvalue weighted by molar-refractivity contribution is 0.0898. The van der Waals surface area contributed by atoms with E-state index in [0.717, 1.165) is 25.2 Å². The van der Waals surface area contributed by atoms with Crippen LogP contribution in [-0.4, -0.2) is 30.3 Å². The molecule has 1 aromatic carbocycles. The highest BCUT2D eigenvalue weighted by molar-refractivity contribution is 5.97. The number of carbonyl (C=O) groups is 1. The quantitative estimate of drug-likeness (QED) is 0.728. The Kier molecular flexibility index (Phi) is 7.85. The number of ketones is 1. The molecule has 0 heterocycles. The molecule has 0 spiro atoms. The number of rotatable bonds is 6. The van der Waals surface area contributed by atoms with Gasteiger partial charge in [0.15, 0.2) is 5.78 Å². The number of Topliss-reactive ketones (excluding diaryl/α,β-unsaturated/α-hetero) is 1. The van der Waals surface area contributed by atoms with Crippen molar-refractivity contribution in [3.63, 3.8) is 0 Å². The minimum Gasteiger partial charge on any atom is -0.303 e. The van der Waals surface area contributed by atoms with Crippen LogP contribution in [-0.2, 0) is 0 Å². The molecule has 0 amide bonds. The van der Waals surface area contributed by atoms with Crippen molar-refractivity contribution in [1.29, 1.82) is 0 Å². The Hall–Kier alpha value is -0.860. The second-order valence-electron chi connectivity index (χ2n) is 4.12. The third kappa shape index (κ3) is 4.88. The zero-order chi connectivity index (χ0) is 12.0. The maximum absolute atomic E-state index is 12.1. The second kappa shape index (κ2) is 8.26. The van der Waals surface area contributed by atoms with Crippen molar-refractivity contribution >= 4 is 18.2 Å². The maximum atomic E-state index is 12.1.